The van der Waals surface area contributed by atoms with E-state index in [1.807, 2.05) is 24.3 Å². The summed E-state index contributed by atoms with van der Waals surface area (Å²) in [4.78, 5) is 0. The lowest BCUT2D eigenvalue weighted by Crippen LogP contribution is -2.02. The number of anilines is 1. The van der Waals surface area contributed by atoms with Crippen LogP contribution < -0.4 is 10.1 Å². The van der Waals surface area contributed by atoms with Gasteiger partial charge in [-0.15, -0.1) is 0 Å². The molecule has 2 aromatic rings. The van der Waals surface area contributed by atoms with Gasteiger partial charge in [-0.05, 0) is 23.8 Å². The van der Waals surface area contributed by atoms with Gasteiger partial charge in [0.25, 0.3) is 0 Å². The predicted octanol–water partition coefficient (Wildman–Crippen LogP) is 3.59. The van der Waals surface area contributed by atoms with Crippen LogP contribution in [0.25, 0.3) is 0 Å². The van der Waals surface area contributed by atoms with Crippen LogP contribution in [0.1, 0.15) is 11.1 Å². The standard InChI is InChI=1S/C16H18FNO2/c1-19-11-12-4-3-5-14(8-12)18-10-13-6-7-15(20-2)9-16(13)17/h3-9,18H,10-11H2,1-2H3. The summed E-state index contributed by atoms with van der Waals surface area (Å²) in [6.45, 7) is 0.985. The first-order valence-corrected chi connectivity index (χ1v) is 6.37. The molecule has 0 unspecified atom stereocenters. The number of halogens is 1. The Bertz CT molecular complexity index is 572. The van der Waals surface area contributed by atoms with Gasteiger partial charge in [-0.1, -0.05) is 18.2 Å². The molecule has 106 valence electrons. The largest absolute Gasteiger partial charge is 0.497 e. The molecule has 4 heteroatoms. The van der Waals surface area contributed by atoms with Crippen LogP contribution in [-0.4, -0.2) is 14.2 Å². The predicted molar refractivity (Wildman–Crippen MR) is 77.4 cm³/mol. The first-order valence-electron chi connectivity index (χ1n) is 6.37. The second-order valence-electron chi connectivity index (χ2n) is 4.44. The molecule has 0 saturated heterocycles. The Hall–Kier alpha value is -2.07. The van der Waals surface area contributed by atoms with Crippen LogP contribution in [-0.2, 0) is 17.9 Å². The zero-order chi connectivity index (χ0) is 14.4. The number of nitrogens with one attached hydrogen (secondary N) is 1. The maximum Gasteiger partial charge on any atom is 0.131 e. The Morgan fingerprint density at radius 1 is 1.10 bits per heavy atom. The Labute approximate surface area is 118 Å². The molecule has 0 fully saturated rings. The van der Waals surface area contributed by atoms with Crippen molar-refractivity contribution in [3.63, 3.8) is 0 Å². The minimum Gasteiger partial charge on any atom is -0.497 e. The van der Waals surface area contributed by atoms with Gasteiger partial charge in [-0.3, -0.25) is 0 Å². The van der Waals surface area contributed by atoms with Crippen molar-refractivity contribution in [1.29, 1.82) is 0 Å². The van der Waals surface area contributed by atoms with Gasteiger partial charge in [0, 0.05) is 31.0 Å². The van der Waals surface area contributed by atoms with E-state index in [1.54, 1.807) is 19.2 Å². The zero-order valence-corrected chi connectivity index (χ0v) is 11.7. The number of benzene rings is 2. The van der Waals surface area contributed by atoms with E-state index < -0.39 is 0 Å². The number of methoxy groups -OCH3 is 2. The van der Waals surface area contributed by atoms with E-state index in [-0.39, 0.29) is 5.82 Å². The average Bonchev–Trinajstić information content (AvgIpc) is 2.46. The van der Waals surface area contributed by atoms with Crippen molar-refractivity contribution in [2.24, 2.45) is 0 Å². The average molecular weight is 275 g/mol. The highest BCUT2D eigenvalue weighted by Crippen LogP contribution is 2.18. The van der Waals surface area contributed by atoms with Crippen molar-refractivity contribution in [3.8, 4) is 5.75 Å². The molecule has 0 saturated carbocycles. The molecule has 0 aromatic heterocycles. The van der Waals surface area contributed by atoms with E-state index in [9.17, 15) is 4.39 Å². The van der Waals surface area contributed by atoms with Crippen molar-refractivity contribution in [1.82, 2.24) is 0 Å². The van der Waals surface area contributed by atoms with E-state index in [2.05, 4.69) is 5.32 Å². The second kappa shape index (κ2) is 6.91. The smallest absolute Gasteiger partial charge is 0.131 e. The third kappa shape index (κ3) is 3.71. The summed E-state index contributed by atoms with van der Waals surface area (Å²) in [6.07, 6.45) is 0. The topological polar surface area (TPSA) is 30.5 Å². The van der Waals surface area contributed by atoms with Crippen molar-refractivity contribution in [2.45, 2.75) is 13.2 Å². The highest BCUT2D eigenvalue weighted by atomic mass is 19.1. The van der Waals surface area contributed by atoms with E-state index in [0.29, 0.717) is 24.5 Å². The maximum atomic E-state index is 13.8. The summed E-state index contributed by atoms with van der Waals surface area (Å²) in [5.41, 5.74) is 2.62. The highest BCUT2D eigenvalue weighted by Gasteiger charge is 2.04. The Kier molecular flexibility index (Phi) is 4.96. The molecule has 0 radical (unpaired) electrons. The lowest BCUT2D eigenvalue weighted by Gasteiger charge is -2.10. The van der Waals surface area contributed by atoms with Gasteiger partial charge >= 0.3 is 0 Å². The van der Waals surface area contributed by atoms with Crippen molar-refractivity contribution in [3.05, 3.63) is 59.4 Å². The highest BCUT2D eigenvalue weighted by molar-refractivity contribution is 5.46. The van der Waals surface area contributed by atoms with Gasteiger partial charge in [0.05, 0.1) is 13.7 Å². The summed E-state index contributed by atoms with van der Waals surface area (Å²) >= 11 is 0. The quantitative estimate of drug-likeness (QED) is 0.874. The van der Waals surface area contributed by atoms with Gasteiger partial charge < -0.3 is 14.8 Å². The Morgan fingerprint density at radius 3 is 2.65 bits per heavy atom. The van der Waals surface area contributed by atoms with Crippen LogP contribution in [0.5, 0.6) is 5.75 Å². The van der Waals surface area contributed by atoms with Crippen LogP contribution in [0.2, 0.25) is 0 Å². The number of hydrogen-bond acceptors (Lipinski definition) is 3. The summed E-state index contributed by atoms with van der Waals surface area (Å²) in [7, 11) is 3.18. The van der Waals surface area contributed by atoms with Crippen LogP contribution in [0, 0.1) is 5.82 Å². The molecule has 0 spiro atoms. The molecule has 2 aromatic carbocycles. The molecule has 0 bridgehead atoms. The van der Waals surface area contributed by atoms with Crippen molar-refractivity contribution < 1.29 is 13.9 Å². The lowest BCUT2D eigenvalue weighted by molar-refractivity contribution is 0.185. The molecule has 0 aliphatic heterocycles. The fourth-order valence-corrected chi connectivity index (χ4v) is 1.93. The monoisotopic (exact) mass is 275 g/mol. The third-order valence-electron chi connectivity index (χ3n) is 2.98. The number of ether oxygens (including phenoxy) is 2. The van der Waals surface area contributed by atoms with Crippen molar-refractivity contribution >= 4 is 5.69 Å². The second-order valence-corrected chi connectivity index (χ2v) is 4.44. The van der Waals surface area contributed by atoms with Crippen molar-refractivity contribution in [2.75, 3.05) is 19.5 Å². The summed E-state index contributed by atoms with van der Waals surface area (Å²) in [6, 6.07) is 12.7. The molecule has 0 amide bonds. The van der Waals surface area contributed by atoms with Crippen LogP contribution >= 0.6 is 0 Å². The first kappa shape index (κ1) is 14.3. The van der Waals surface area contributed by atoms with Crippen LogP contribution in [0.3, 0.4) is 0 Å². The van der Waals surface area contributed by atoms with E-state index in [1.165, 1.54) is 13.2 Å². The first-order chi connectivity index (χ1) is 9.72. The lowest BCUT2D eigenvalue weighted by atomic mass is 10.1. The van der Waals surface area contributed by atoms with Gasteiger partial charge in [-0.25, -0.2) is 4.39 Å². The van der Waals surface area contributed by atoms with Gasteiger partial charge in [0.2, 0.25) is 0 Å². The minimum atomic E-state index is -0.273. The minimum absolute atomic E-state index is 0.273. The zero-order valence-electron chi connectivity index (χ0n) is 11.7. The number of rotatable bonds is 6. The van der Waals surface area contributed by atoms with E-state index >= 15 is 0 Å². The summed E-state index contributed by atoms with van der Waals surface area (Å²) in [5.74, 6) is 0.248. The third-order valence-corrected chi connectivity index (χ3v) is 2.98. The molecule has 0 aliphatic carbocycles. The molecule has 1 N–H and O–H groups in total. The van der Waals surface area contributed by atoms with E-state index in [4.69, 9.17) is 9.47 Å². The molecular formula is C16H18FNO2. The maximum absolute atomic E-state index is 13.8. The molecule has 0 aliphatic rings. The summed E-state index contributed by atoms with van der Waals surface area (Å²) in [5, 5.41) is 3.20. The SMILES string of the molecule is COCc1cccc(NCc2ccc(OC)cc2F)c1. The molecular weight excluding hydrogens is 257 g/mol. The summed E-state index contributed by atoms with van der Waals surface area (Å²) < 4.78 is 23.9. The van der Waals surface area contributed by atoms with Gasteiger partial charge in [-0.2, -0.15) is 0 Å². The normalized spacial score (nSPS) is 10.3. The fraction of sp³-hybridized carbons (Fsp3) is 0.250. The molecule has 20 heavy (non-hydrogen) atoms. The molecule has 0 heterocycles. The molecule has 2 rings (SSSR count). The van der Waals surface area contributed by atoms with E-state index in [0.717, 1.165) is 11.3 Å². The van der Waals surface area contributed by atoms with Gasteiger partial charge in [0.15, 0.2) is 0 Å². The van der Waals surface area contributed by atoms with Crippen LogP contribution in [0.4, 0.5) is 10.1 Å². The molecule has 0 atom stereocenters. The number of hydrogen-bond donors (Lipinski definition) is 1. The molecule has 3 nitrogen and oxygen atoms in total. The van der Waals surface area contributed by atoms with Crippen LogP contribution in [0.15, 0.2) is 42.5 Å². The van der Waals surface area contributed by atoms with Gasteiger partial charge in [0.1, 0.15) is 11.6 Å². The fourth-order valence-electron chi connectivity index (χ4n) is 1.93. The Balaban J connectivity index is 2.03. The Morgan fingerprint density at radius 2 is 1.95 bits per heavy atom.